The highest BCUT2D eigenvalue weighted by Crippen LogP contribution is 2.51. The van der Waals surface area contributed by atoms with E-state index in [-0.39, 0.29) is 5.41 Å². The predicted molar refractivity (Wildman–Crippen MR) is 54.6 cm³/mol. The summed E-state index contributed by atoms with van der Waals surface area (Å²) in [5.41, 5.74) is 0.235. The van der Waals surface area contributed by atoms with Crippen LogP contribution in [0.4, 0.5) is 13.2 Å². The van der Waals surface area contributed by atoms with Crippen LogP contribution in [0.5, 0.6) is 0 Å². The lowest BCUT2D eigenvalue weighted by atomic mass is 9.56. The fraction of sp³-hybridized carbons (Fsp3) is 1.00. The third-order valence-electron chi connectivity index (χ3n) is 4.14. The summed E-state index contributed by atoms with van der Waals surface area (Å²) in [6, 6.07) is 0. The van der Waals surface area contributed by atoms with Crippen molar-refractivity contribution in [2.75, 3.05) is 13.1 Å². The van der Waals surface area contributed by atoms with Crippen LogP contribution in [-0.2, 0) is 0 Å². The van der Waals surface area contributed by atoms with Gasteiger partial charge in [0.15, 0.2) is 0 Å². The number of alkyl halides is 3. The van der Waals surface area contributed by atoms with Crippen molar-refractivity contribution in [1.82, 2.24) is 5.32 Å². The zero-order valence-corrected chi connectivity index (χ0v) is 9.62. The van der Waals surface area contributed by atoms with Gasteiger partial charge < -0.3 is 5.32 Å². The van der Waals surface area contributed by atoms with Crippen molar-refractivity contribution < 1.29 is 13.2 Å². The van der Waals surface area contributed by atoms with Gasteiger partial charge in [-0.3, -0.25) is 0 Å². The van der Waals surface area contributed by atoms with Crippen molar-refractivity contribution in [2.45, 2.75) is 39.8 Å². The first-order valence-corrected chi connectivity index (χ1v) is 5.53. The van der Waals surface area contributed by atoms with E-state index in [1.54, 1.807) is 0 Å². The van der Waals surface area contributed by atoms with Gasteiger partial charge in [0.05, 0.1) is 6.54 Å². The van der Waals surface area contributed by atoms with Crippen molar-refractivity contribution in [3.05, 3.63) is 0 Å². The van der Waals surface area contributed by atoms with Crippen molar-refractivity contribution in [2.24, 2.45) is 17.3 Å². The minimum atomic E-state index is -4.09. The third kappa shape index (κ3) is 3.10. The maximum Gasteiger partial charge on any atom is 0.401 e. The van der Waals surface area contributed by atoms with Crippen LogP contribution in [-0.4, -0.2) is 19.3 Å². The lowest BCUT2D eigenvalue weighted by Gasteiger charge is -2.50. The molecule has 1 aliphatic rings. The molecule has 0 heterocycles. The Morgan fingerprint density at radius 3 is 2.40 bits per heavy atom. The molecule has 1 aliphatic carbocycles. The summed E-state index contributed by atoms with van der Waals surface area (Å²) < 4.78 is 35.7. The molecular weight excluding hydrogens is 203 g/mol. The molecule has 1 saturated carbocycles. The third-order valence-corrected chi connectivity index (χ3v) is 4.14. The fourth-order valence-corrected chi connectivity index (χ4v) is 2.28. The molecular formula is C11H20F3N. The standard InChI is InChI=1S/C11H20F3N/c1-8-4-5-10(8,3)9(2)6-15-7-11(12,13)14/h8-9,15H,4-7H2,1-3H3. The largest absolute Gasteiger partial charge is 0.401 e. The Labute approximate surface area is 89.4 Å². The van der Waals surface area contributed by atoms with Crippen molar-refractivity contribution in [3.63, 3.8) is 0 Å². The second-order valence-corrected chi connectivity index (χ2v) is 5.09. The molecule has 0 radical (unpaired) electrons. The summed E-state index contributed by atoms with van der Waals surface area (Å²) in [7, 11) is 0. The summed E-state index contributed by atoms with van der Waals surface area (Å²) in [6.45, 7) is 5.99. The van der Waals surface area contributed by atoms with Gasteiger partial charge in [0, 0.05) is 0 Å². The van der Waals surface area contributed by atoms with E-state index in [9.17, 15) is 13.2 Å². The molecule has 1 N–H and O–H groups in total. The molecule has 1 nitrogen and oxygen atoms in total. The lowest BCUT2D eigenvalue weighted by molar-refractivity contribution is -0.126. The molecule has 1 rings (SSSR count). The maximum absolute atomic E-state index is 11.9. The second kappa shape index (κ2) is 4.32. The summed E-state index contributed by atoms with van der Waals surface area (Å²) >= 11 is 0. The van der Waals surface area contributed by atoms with Crippen molar-refractivity contribution in [1.29, 1.82) is 0 Å². The summed E-state index contributed by atoms with van der Waals surface area (Å²) in [5.74, 6) is 0.948. The zero-order chi connectivity index (χ0) is 11.7. The van der Waals surface area contributed by atoms with Gasteiger partial charge in [-0.15, -0.1) is 0 Å². The minimum Gasteiger partial charge on any atom is -0.308 e. The molecule has 90 valence electrons. The Balaban J connectivity index is 2.27. The topological polar surface area (TPSA) is 12.0 Å². The lowest BCUT2D eigenvalue weighted by Crippen LogP contribution is -2.45. The molecule has 3 atom stereocenters. The van der Waals surface area contributed by atoms with Gasteiger partial charge in [-0.1, -0.05) is 20.8 Å². The highest BCUT2D eigenvalue weighted by molar-refractivity contribution is 4.93. The first kappa shape index (κ1) is 12.8. The molecule has 0 aromatic carbocycles. The van der Waals surface area contributed by atoms with Gasteiger partial charge in [-0.2, -0.15) is 13.2 Å². The van der Waals surface area contributed by atoms with Crippen LogP contribution >= 0.6 is 0 Å². The van der Waals surface area contributed by atoms with Crippen LogP contribution in [0.2, 0.25) is 0 Å². The van der Waals surface area contributed by atoms with Crippen LogP contribution in [0.3, 0.4) is 0 Å². The van der Waals surface area contributed by atoms with Gasteiger partial charge >= 0.3 is 6.18 Å². The number of nitrogens with one attached hydrogen (secondary N) is 1. The molecule has 0 saturated heterocycles. The first-order valence-electron chi connectivity index (χ1n) is 5.53. The summed E-state index contributed by atoms with van der Waals surface area (Å²) in [5, 5.41) is 2.49. The highest BCUT2D eigenvalue weighted by Gasteiger charge is 2.43. The molecule has 4 heteroatoms. The Morgan fingerprint density at radius 1 is 1.47 bits per heavy atom. The van der Waals surface area contributed by atoms with Gasteiger partial charge in [-0.05, 0) is 36.6 Å². The summed E-state index contributed by atoms with van der Waals surface area (Å²) in [6.07, 6.45) is -1.74. The maximum atomic E-state index is 11.9. The van der Waals surface area contributed by atoms with Crippen LogP contribution in [0.1, 0.15) is 33.6 Å². The Bertz CT molecular complexity index is 214. The molecule has 0 aromatic rings. The average Bonchev–Trinajstić information content (AvgIpc) is 2.12. The number of halogens is 3. The number of hydrogen-bond acceptors (Lipinski definition) is 1. The monoisotopic (exact) mass is 223 g/mol. The normalized spacial score (nSPS) is 33.6. The number of hydrogen-bond donors (Lipinski definition) is 1. The van der Waals surface area contributed by atoms with E-state index in [2.05, 4.69) is 19.2 Å². The molecule has 0 aliphatic heterocycles. The minimum absolute atomic E-state index is 0.235. The molecule has 15 heavy (non-hydrogen) atoms. The Kier molecular flexibility index (Phi) is 3.69. The van der Waals surface area contributed by atoms with E-state index in [0.717, 1.165) is 6.42 Å². The van der Waals surface area contributed by atoms with E-state index >= 15 is 0 Å². The van der Waals surface area contributed by atoms with E-state index in [1.807, 2.05) is 6.92 Å². The zero-order valence-electron chi connectivity index (χ0n) is 9.62. The van der Waals surface area contributed by atoms with Crippen LogP contribution < -0.4 is 5.32 Å². The van der Waals surface area contributed by atoms with Crippen molar-refractivity contribution >= 4 is 0 Å². The van der Waals surface area contributed by atoms with Crippen LogP contribution in [0.15, 0.2) is 0 Å². The molecule has 0 spiro atoms. The second-order valence-electron chi connectivity index (χ2n) is 5.09. The SMILES string of the molecule is CC1CCC1(C)C(C)CNCC(F)(F)F. The molecule has 0 bridgehead atoms. The fourth-order valence-electron chi connectivity index (χ4n) is 2.28. The van der Waals surface area contributed by atoms with E-state index < -0.39 is 12.7 Å². The van der Waals surface area contributed by atoms with Crippen LogP contribution in [0, 0.1) is 17.3 Å². The smallest absolute Gasteiger partial charge is 0.308 e. The molecule has 3 unspecified atom stereocenters. The first-order chi connectivity index (χ1) is 6.76. The number of rotatable bonds is 4. The Hall–Kier alpha value is -0.250. The Morgan fingerprint density at radius 2 is 2.07 bits per heavy atom. The van der Waals surface area contributed by atoms with E-state index in [4.69, 9.17) is 0 Å². The van der Waals surface area contributed by atoms with Gasteiger partial charge in [0.25, 0.3) is 0 Å². The van der Waals surface area contributed by atoms with Gasteiger partial charge in [0.1, 0.15) is 0 Å². The van der Waals surface area contributed by atoms with E-state index in [1.165, 1.54) is 6.42 Å². The average molecular weight is 223 g/mol. The molecule has 1 fully saturated rings. The summed E-state index contributed by atoms with van der Waals surface area (Å²) in [4.78, 5) is 0. The predicted octanol–water partition coefficient (Wildman–Crippen LogP) is 3.21. The molecule has 0 aromatic heterocycles. The quantitative estimate of drug-likeness (QED) is 0.771. The highest BCUT2D eigenvalue weighted by atomic mass is 19.4. The van der Waals surface area contributed by atoms with Crippen LogP contribution in [0.25, 0.3) is 0 Å². The van der Waals surface area contributed by atoms with E-state index in [0.29, 0.717) is 18.4 Å². The van der Waals surface area contributed by atoms with Gasteiger partial charge in [0.2, 0.25) is 0 Å². The van der Waals surface area contributed by atoms with Crippen molar-refractivity contribution in [3.8, 4) is 0 Å². The van der Waals surface area contributed by atoms with Gasteiger partial charge in [-0.25, -0.2) is 0 Å². The molecule has 0 amide bonds.